The zero-order valence-corrected chi connectivity index (χ0v) is 18.6. The second kappa shape index (κ2) is 7.41. The zero-order chi connectivity index (χ0) is 24.4. The molecule has 178 valence electrons. The van der Waals surface area contributed by atoms with Crippen molar-refractivity contribution in [2.45, 2.75) is 36.5 Å². The minimum atomic E-state index is -4.43. The molecule has 0 unspecified atom stereocenters. The predicted molar refractivity (Wildman–Crippen MR) is 120 cm³/mol. The molecule has 1 atom stereocenters. The van der Waals surface area contributed by atoms with Gasteiger partial charge in [-0.1, -0.05) is 36.4 Å². The number of esters is 1. The summed E-state index contributed by atoms with van der Waals surface area (Å²) in [7, 11) is 0. The van der Waals surface area contributed by atoms with E-state index in [1.165, 1.54) is 6.07 Å². The van der Waals surface area contributed by atoms with Crippen molar-refractivity contribution in [1.29, 1.82) is 0 Å². The SMILES string of the molecule is O=C1O[C@]2(CCN(C(=O)C3(c4ccc(-c5cccc(C(F)(F)F)c5)nc4)CC3)C2)c2ccccc21. The molecule has 3 aliphatic rings. The average molecular weight is 478 g/mol. The Kier molecular flexibility index (Phi) is 4.62. The summed E-state index contributed by atoms with van der Waals surface area (Å²) >= 11 is 0. The number of rotatable bonds is 3. The topological polar surface area (TPSA) is 59.5 Å². The fourth-order valence-electron chi connectivity index (χ4n) is 5.36. The molecule has 1 aromatic heterocycles. The number of nitrogens with zero attached hydrogens (tertiary/aromatic N) is 2. The first kappa shape index (κ1) is 21.8. The number of fused-ring (bicyclic) bond motifs is 2. The molecule has 35 heavy (non-hydrogen) atoms. The Morgan fingerprint density at radius 1 is 1.00 bits per heavy atom. The largest absolute Gasteiger partial charge is 0.449 e. The first-order valence-electron chi connectivity index (χ1n) is 11.5. The molecule has 2 aliphatic heterocycles. The van der Waals surface area contributed by atoms with Crippen LogP contribution in [0.3, 0.4) is 0 Å². The van der Waals surface area contributed by atoms with E-state index < -0.39 is 22.8 Å². The van der Waals surface area contributed by atoms with Gasteiger partial charge in [0.15, 0.2) is 5.60 Å². The number of aromatic nitrogens is 1. The van der Waals surface area contributed by atoms with E-state index >= 15 is 0 Å². The molecule has 2 fully saturated rings. The molecule has 0 bridgehead atoms. The van der Waals surface area contributed by atoms with Gasteiger partial charge >= 0.3 is 12.1 Å². The Morgan fingerprint density at radius 3 is 2.51 bits per heavy atom. The minimum Gasteiger partial charge on any atom is -0.449 e. The summed E-state index contributed by atoms with van der Waals surface area (Å²) in [5.41, 5.74) is 0.700. The molecule has 1 amide bonds. The summed E-state index contributed by atoms with van der Waals surface area (Å²) in [6, 6.07) is 15.8. The van der Waals surface area contributed by atoms with Crippen LogP contribution in [0, 0.1) is 0 Å². The van der Waals surface area contributed by atoms with Crippen LogP contribution in [0.4, 0.5) is 13.2 Å². The van der Waals surface area contributed by atoms with Crippen LogP contribution in [-0.2, 0) is 26.7 Å². The normalized spacial score (nSPS) is 22.3. The molecular formula is C27H21F3N2O3. The third kappa shape index (κ3) is 3.42. The fraction of sp³-hybridized carbons (Fsp3) is 0.296. The number of halogens is 3. The van der Waals surface area contributed by atoms with Crippen LogP contribution in [0.15, 0.2) is 66.9 Å². The molecule has 5 nitrogen and oxygen atoms in total. The summed E-state index contributed by atoms with van der Waals surface area (Å²) < 4.78 is 45.0. The standard InChI is InChI=1S/C27H21F3N2O3/c28-27(29,30)18-5-3-4-17(14-18)22-9-8-19(15-31-22)25(10-11-25)24(34)32-13-12-26(16-32)21-7-2-1-6-20(21)23(33)35-26/h1-9,14-15H,10-13,16H2/t26-/m0/s1. The van der Waals surface area contributed by atoms with E-state index in [-0.39, 0.29) is 11.9 Å². The first-order valence-corrected chi connectivity index (χ1v) is 11.5. The highest BCUT2D eigenvalue weighted by Gasteiger charge is 2.57. The van der Waals surface area contributed by atoms with E-state index in [0.29, 0.717) is 49.2 Å². The number of carbonyl (C=O) groups is 2. The number of likely N-dealkylation sites (tertiary alicyclic amines) is 1. The molecular weight excluding hydrogens is 457 g/mol. The summed E-state index contributed by atoms with van der Waals surface area (Å²) in [5, 5.41) is 0. The van der Waals surface area contributed by atoms with E-state index in [4.69, 9.17) is 4.74 Å². The number of carbonyl (C=O) groups excluding carboxylic acids is 2. The Labute approximate surface area is 199 Å². The summed E-state index contributed by atoms with van der Waals surface area (Å²) in [6.07, 6.45) is -0.935. The van der Waals surface area contributed by atoms with E-state index in [0.717, 1.165) is 23.3 Å². The number of alkyl halides is 3. The molecule has 0 radical (unpaired) electrons. The van der Waals surface area contributed by atoms with Crippen LogP contribution in [0.1, 0.15) is 46.3 Å². The van der Waals surface area contributed by atoms with Gasteiger partial charge in [-0.05, 0) is 42.7 Å². The maximum atomic E-state index is 13.6. The number of pyridine rings is 1. The Balaban J connectivity index is 1.23. The zero-order valence-electron chi connectivity index (χ0n) is 18.6. The summed E-state index contributed by atoms with van der Waals surface area (Å²) in [6.45, 7) is 0.796. The van der Waals surface area contributed by atoms with E-state index in [9.17, 15) is 22.8 Å². The van der Waals surface area contributed by atoms with Crippen molar-refractivity contribution in [3.63, 3.8) is 0 Å². The van der Waals surface area contributed by atoms with Gasteiger partial charge in [0, 0.05) is 30.3 Å². The van der Waals surface area contributed by atoms with Gasteiger partial charge in [0.25, 0.3) is 0 Å². The second-order valence-corrected chi connectivity index (χ2v) is 9.50. The van der Waals surface area contributed by atoms with Gasteiger partial charge in [0.05, 0.1) is 28.8 Å². The van der Waals surface area contributed by atoms with Crippen molar-refractivity contribution in [2.75, 3.05) is 13.1 Å². The van der Waals surface area contributed by atoms with Crippen LogP contribution in [-0.4, -0.2) is 34.8 Å². The summed E-state index contributed by atoms with van der Waals surface area (Å²) in [4.78, 5) is 32.1. The molecule has 1 spiro atoms. The van der Waals surface area contributed by atoms with Crippen molar-refractivity contribution in [3.8, 4) is 11.3 Å². The summed E-state index contributed by atoms with van der Waals surface area (Å²) in [5.74, 6) is -0.381. The van der Waals surface area contributed by atoms with Crippen LogP contribution in [0.5, 0.6) is 0 Å². The highest BCUT2D eigenvalue weighted by molar-refractivity contribution is 5.96. The lowest BCUT2D eigenvalue weighted by molar-refractivity contribution is -0.137. The molecule has 3 aromatic rings. The van der Waals surface area contributed by atoms with Gasteiger partial charge in [-0.2, -0.15) is 13.2 Å². The van der Waals surface area contributed by atoms with Gasteiger partial charge in [-0.15, -0.1) is 0 Å². The molecule has 0 N–H and O–H groups in total. The molecule has 1 saturated carbocycles. The highest BCUT2D eigenvalue weighted by Crippen LogP contribution is 2.52. The lowest BCUT2D eigenvalue weighted by Crippen LogP contribution is -2.40. The average Bonchev–Trinajstić information content (AvgIpc) is 3.49. The van der Waals surface area contributed by atoms with Crippen LogP contribution < -0.4 is 0 Å². The third-order valence-electron chi connectivity index (χ3n) is 7.41. The van der Waals surface area contributed by atoms with Gasteiger partial charge in [-0.25, -0.2) is 4.79 Å². The van der Waals surface area contributed by atoms with Crippen LogP contribution in [0.25, 0.3) is 11.3 Å². The molecule has 1 aliphatic carbocycles. The lowest BCUT2D eigenvalue weighted by atomic mass is 9.91. The van der Waals surface area contributed by atoms with Crippen molar-refractivity contribution in [3.05, 3.63) is 89.1 Å². The molecule has 2 aromatic carbocycles. The van der Waals surface area contributed by atoms with Crippen molar-refractivity contribution in [1.82, 2.24) is 9.88 Å². The molecule has 6 rings (SSSR count). The number of ether oxygens (including phenoxy) is 1. The van der Waals surface area contributed by atoms with Crippen LogP contribution in [0.2, 0.25) is 0 Å². The van der Waals surface area contributed by atoms with Gasteiger partial charge in [-0.3, -0.25) is 9.78 Å². The van der Waals surface area contributed by atoms with E-state index in [1.54, 1.807) is 41.4 Å². The van der Waals surface area contributed by atoms with Gasteiger partial charge in [0.1, 0.15) is 0 Å². The Morgan fingerprint density at radius 2 is 1.80 bits per heavy atom. The number of benzene rings is 2. The molecule has 1 saturated heterocycles. The number of amides is 1. The molecule has 3 heterocycles. The lowest BCUT2D eigenvalue weighted by Gasteiger charge is -2.26. The van der Waals surface area contributed by atoms with Gasteiger partial charge in [0.2, 0.25) is 5.91 Å². The second-order valence-electron chi connectivity index (χ2n) is 9.50. The minimum absolute atomic E-state index is 0.0246. The maximum absolute atomic E-state index is 13.6. The highest BCUT2D eigenvalue weighted by atomic mass is 19.4. The molecule has 8 heteroatoms. The smallest absolute Gasteiger partial charge is 0.416 e. The number of hydrogen-bond donors (Lipinski definition) is 0. The third-order valence-corrected chi connectivity index (χ3v) is 7.41. The van der Waals surface area contributed by atoms with E-state index in [2.05, 4.69) is 4.98 Å². The van der Waals surface area contributed by atoms with Crippen LogP contribution >= 0.6 is 0 Å². The Bertz CT molecular complexity index is 1350. The first-order chi connectivity index (χ1) is 16.7. The van der Waals surface area contributed by atoms with E-state index in [1.807, 2.05) is 12.1 Å². The van der Waals surface area contributed by atoms with Gasteiger partial charge < -0.3 is 9.64 Å². The maximum Gasteiger partial charge on any atom is 0.416 e. The quantitative estimate of drug-likeness (QED) is 0.492. The number of hydrogen-bond acceptors (Lipinski definition) is 4. The van der Waals surface area contributed by atoms with Crippen molar-refractivity contribution in [2.24, 2.45) is 0 Å². The van der Waals surface area contributed by atoms with Crippen molar-refractivity contribution < 1.29 is 27.5 Å². The monoisotopic (exact) mass is 478 g/mol. The Hall–Kier alpha value is -3.68. The van der Waals surface area contributed by atoms with Crippen molar-refractivity contribution >= 4 is 11.9 Å². The fourth-order valence-corrected chi connectivity index (χ4v) is 5.36. The predicted octanol–water partition coefficient (Wildman–Crippen LogP) is 5.10.